The molecule has 0 fully saturated rings. The fourth-order valence-corrected chi connectivity index (χ4v) is 14.7. The second kappa shape index (κ2) is 60.5. The van der Waals surface area contributed by atoms with E-state index in [1.54, 1.807) is 110 Å². The van der Waals surface area contributed by atoms with Gasteiger partial charge in [0.25, 0.3) is 8.53 Å². The highest BCUT2D eigenvalue weighted by Crippen LogP contribution is 2.46. The first-order valence-electron chi connectivity index (χ1n) is 44.2. The third kappa shape index (κ3) is 49.5. The van der Waals surface area contributed by atoms with E-state index in [1.165, 1.54) is 5.56 Å². The molecule has 6 rings (SSSR count). The SMILES string of the molecule is CC(C)Cc1ccc([C@H](C)C(=O)NC[C@H](CO)NC(=O)C[C@@H](NC(=O)OCc2ccccc2)C(=O)OC(C)(C)C)cc1.CC(C)Cc1ccc([C@H](C)C(=O)NC[C@H](COP(=O)(O)OCCCCC(=O)OCc2ccccc2)NC(=O)C[C@@H](NC(=O)OCc2ccccc2)C(=O)OC(C)(C)C)cc1.CC(C)N(C(C)C)P(OCCC#N)OCCCCC(=O)OCc1ccccc1. The van der Waals surface area contributed by atoms with Crippen molar-refractivity contribution in [3.05, 3.63) is 214 Å². The third-order valence-electron chi connectivity index (χ3n) is 18.8. The lowest BCUT2D eigenvalue weighted by Crippen LogP contribution is -2.51. The zero-order valence-electron chi connectivity index (χ0n) is 78.3. The van der Waals surface area contributed by atoms with Crippen LogP contribution in [0.5, 0.6) is 0 Å². The summed E-state index contributed by atoms with van der Waals surface area (Å²) in [6.45, 7) is 30.0. The lowest BCUT2D eigenvalue weighted by molar-refractivity contribution is -0.159. The summed E-state index contributed by atoms with van der Waals surface area (Å²) < 4.78 is 69.0. The molecule has 8 N–H and O–H groups in total. The Kier molecular flexibility index (Phi) is 52.0. The van der Waals surface area contributed by atoms with Crippen molar-refractivity contribution in [2.45, 2.75) is 267 Å². The highest BCUT2D eigenvalue weighted by molar-refractivity contribution is 7.47. The maximum Gasteiger partial charge on any atom is 0.472 e. The van der Waals surface area contributed by atoms with Crippen molar-refractivity contribution in [2.75, 3.05) is 46.1 Å². The van der Waals surface area contributed by atoms with Gasteiger partial charge >= 0.3 is 43.9 Å². The Morgan fingerprint density at radius 2 is 0.800 bits per heavy atom. The van der Waals surface area contributed by atoms with E-state index in [1.807, 2.05) is 115 Å². The van der Waals surface area contributed by atoms with E-state index in [0.29, 0.717) is 62.9 Å². The zero-order valence-corrected chi connectivity index (χ0v) is 80.0. The van der Waals surface area contributed by atoms with Crippen LogP contribution in [-0.4, -0.2) is 168 Å². The van der Waals surface area contributed by atoms with Gasteiger partial charge in [-0.2, -0.15) is 5.26 Å². The number of nitriles is 1. The summed E-state index contributed by atoms with van der Waals surface area (Å²) in [5.41, 5.74) is 5.44. The number of hydrogen-bond acceptors (Lipinski definition) is 24. The number of nitrogens with one attached hydrogen (secondary N) is 6. The number of benzene rings is 6. The first-order valence-corrected chi connectivity index (χ1v) is 46.8. The summed E-state index contributed by atoms with van der Waals surface area (Å²) in [5.74, 6) is -4.39. The number of phosphoric ester groups is 1. The molecule has 8 atom stereocenters. The average Bonchev–Trinajstić information content (AvgIpc) is 0.895. The molecule has 0 aliphatic heterocycles. The lowest BCUT2D eigenvalue weighted by Gasteiger charge is -2.35. The summed E-state index contributed by atoms with van der Waals surface area (Å²) >= 11 is 0. The van der Waals surface area contributed by atoms with E-state index in [0.717, 1.165) is 52.6 Å². The van der Waals surface area contributed by atoms with Crippen LogP contribution in [0.4, 0.5) is 9.59 Å². The molecule has 130 heavy (non-hydrogen) atoms. The number of aliphatic hydroxyl groups is 1. The number of amides is 6. The summed E-state index contributed by atoms with van der Waals surface area (Å²) in [7, 11) is -5.90. The van der Waals surface area contributed by atoms with Gasteiger partial charge in [-0.3, -0.25) is 37.8 Å². The Hall–Kier alpha value is -10.5. The smallest absolute Gasteiger partial charge is 0.461 e. The molecule has 6 aromatic carbocycles. The molecule has 31 nitrogen and oxygen atoms in total. The minimum atomic E-state index is -4.68. The number of unbranched alkanes of at least 4 members (excludes halogenated alkanes) is 2. The molecule has 0 aromatic heterocycles. The molecule has 714 valence electrons. The molecule has 0 saturated heterocycles. The van der Waals surface area contributed by atoms with Crippen molar-refractivity contribution < 1.29 is 109 Å². The van der Waals surface area contributed by atoms with Gasteiger partial charge in [-0.1, -0.05) is 198 Å². The molecule has 6 amide bonds. The van der Waals surface area contributed by atoms with Crippen molar-refractivity contribution >= 4 is 76.0 Å². The standard InChI is InChI=1S/C44H60N3O12P.C32H45N3O7.C21H33N2O4P/c1-31(2)25-33-20-22-36(23-21-33)32(3)41(50)45-27-37(30-58-60(53,54)57-24-14-13-19-40(49)55-28-34-15-9-7-10-16-34)46-39(48)26-38(42(51)59-44(4,5)6)47-43(52)56-29-35-17-11-8-12-18-35;1-21(2)16-23-12-14-25(15-13-23)22(3)29(38)33-18-26(19-36)34-28(37)17-27(30(39)42-32(4,5)6)35-31(40)41-20-24-10-8-7-9-11-24;1-18(2)23(19(3)4)28(27-16-10-14-22)26-15-9-8-13-21(24)25-17-20-11-6-5-7-12-20/h7-12,15-18,20-23,31-32,37-38H,13-14,19,24-30H2,1-6H3,(H,45,50)(H,46,48)(H,47,52)(H,53,54);7-15,21-22,26-27,36H,16-20H2,1-6H3,(H,33,38)(H,34,37)(H,35,40);5-7,11-12,18-19H,8-10,13,15-17H2,1-4H3/t32-,37+,38+;22-,26+,27+;/m00./s1. The molecule has 0 aliphatic carbocycles. The molecule has 0 spiro atoms. The Morgan fingerprint density at radius 1 is 0.446 bits per heavy atom. The van der Waals surface area contributed by atoms with Crippen molar-refractivity contribution in [1.29, 1.82) is 5.26 Å². The molecule has 0 aliphatic rings. The van der Waals surface area contributed by atoms with Crippen molar-refractivity contribution in [3.63, 3.8) is 0 Å². The fourth-order valence-electron chi connectivity index (χ4n) is 12.3. The molecule has 0 saturated carbocycles. The zero-order chi connectivity index (χ0) is 96.2. The van der Waals surface area contributed by atoms with Crippen molar-refractivity contribution in [2.24, 2.45) is 11.8 Å². The highest BCUT2D eigenvalue weighted by Gasteiger charge is 2.34. The van der Waals surface area contributed by atoms with Gasteiger partial charge in [0.2, 0.25) is 23.6 Å². The molecule has 0 bridgehead atoms. The number of esters is 4. The number of ether oxygens (including phenoxy) is 6. The van der Waals surface area contributed by atoms with E-state index in [9.17, 15) is 62.5 Å². The van der Waals surface area contributed by atoms with Crippen LogP contribution in [0.1, 0.15) is 225 Å². The second-order valence-electron chi connectivity index (χ2n) is 34.5. The number of aliphatic hydroxyl groups excluding tert-OH is 1. The summed E-state index contributed by atoms with van der Waals surface area (Å²) in [6.07, 6.45) is 1.75. The fraction of sp³-hybridized carbons (Fsp3) is 0.515. The Bertz CT molecular complexity index is 4430. The van der Waals surface area contributed by atoms with Crippen LogP contribution in [0.15, 0.2) is 170 Å². The number of rotatable bonds is 52. The Labute approximate surface area is 768 Å². The van der Waals surface area contributed by atoms with Crippen molar-refractivity contribution in [3.8, 4) is 6.07 Å². The predicted octanol–water partition coefficient (Wildman–Crippen LogP) is 15.5. The Morgan fingerprint density at radius 3 is 1.15 bits per heavy atom. The van der Waals surface area contributed by atoms with Gasteiger partial charge in [-0.15, -0.1) is 0 Å². The quantitative estimate of drug-likeness (QED) is 0.00761. The van der Waals surface area contributed by atoms with Crippen LogP contribution in [0.3, 0.4) is 0 Å². The Balaban J connectivity index is 0.000000439. The van der Waals surface area contributed by atoms with Gasteiger partial charge in [0.15, 0.2) is 0 Å². The minimum Gasteiger partial charge on any atom is -0.461 e. The first kappa shape index (κ1) is 112. The van der Waals surface area contributed by atoms with Crippen LogP contribution in [0.25, 0.3) is 0 Å². The topological polar surface area (TPSA) is 420 Å². The minimum absolute atomic E-state index is 0.0211. The molecular formula is C97H138N8O23P2. The van der Waals surface area contributed by atoms with E-state index >= 15 is 0 Å². The van der Waals surface area contributed by atoms with Crippen LogP contribution in [-0.2, 0) is 129 Å². The van der Waals surface area contributed by atoms with Gasteiger partial charge in [0.05, 0.1) is 82.3 Å². The van der Waals surface area contributed by atoms with Crippen LogP contribution < -0.4 is 31.9 Å². The van der Waals surface area contributed by atoms with Gasteiger partial charge in [-0.05, 0) is 178 Å². The van der Waals surface area contributed by atoms with Crippen LogP contribution in [0.2, 0.25) is 0 Å². The normalized spacial score (nSPS) is 13.4. The monoisotopic (exact) mass is 1840 g/mol. The van der Waals surface area contributed by atoms with Crippen molar-refractivity contribution in [1.82, 2.24) is 36.6 Å². The molecule has 0 heterocycles. The number of carbonyl (C=O) groups is 10. The number of hydrogen-bond donors (Lipinski definition) is 8. The molecular weight excluding hydrogens is 1710 g/mol. The third-order valence-corrected chi connectivity index (χ3v) is 21.9. The molecule has 6 aromatic rings. The second-order valence-corrected chi connectivity index (χ2v) is 37.4. The van der Waals surface area contributed by atoms with Crippen LogP contribution in [0, 0.1) is 23.2 Å². The van der Waals surface area contributed by atoms with E-state index in [4.69, 9.17) is 51.8 Å². The van der Waals surface area contributed by atoms with Crippen LogP contribution >= 0.6 is 16.3 Å². The molecule has 2 unspecified atom stereocenters. The molecule has 0 radical (unpaired) electrons. The number of alkyl carbamates (subject to hydrolysis) is 2. The number of nitrogens with zero attached hydrogens (tertiary/aromatic N) is 2. The summed E-state index contributed by atoms with van der Waals surface area (Å²) in [4.78, 5) is 138. The van der Waals surface area contributed by atoms with Gasteiger partial charge in [0.1, 0.15) is 49.7 Å². The lowest BCUT2D eigenvalue weighted by atomic mass is 9.96. The van der Waals surface area contributed by atoms with Gasteiger partial charge in [0, 0.05) is 38.0 Å². The molecule has 33 heteroatoms. The summed E-state index contributed by atoms with van der Waals surface area (Å²) in [5, 5.41) is 34.1. The first-order chi connectivity index (χ1) is 61.6. The average molecular weight is 1850 g/mol. The summed E-state index contributed by atoms with van der Waals surface area (Å²) in [6, 6.07) is 50.2. The maximum atomic E-state index is 13.5. The maximum absolute atomic E-state index is 13.5. The van der Waals surface area contributed by atoms with E-state index in [2.05, 4.69) is 98.0 Å². The van der Waals surface area contributed by atoms with E-state index < -0.39 is 132 Å². The highest BCUT2D eigenvalue weighted by atomic mass is 31.2. The van der Waals surface area contributed by atoms with Gasteiger partial charge < -0.3 is 79.4 Å². The number of carbonyl (C=O) groups excluding carboxylic acids is 10. The van der Waals surface area contributed by atoms with E-state index in [-0.39, 0.29) is 82.2 Å². The largest absolute Gasteiger partial charge is 0.472 e. The van der Waals surface area contributed by atoms with Gasteiger partial charge in [-0.25, -0.2) is 28.4 Å². The predicted molar refractivity (Wildman–Crippen MR) is 495 cm³/mol. The number of phosphoric acid groups is 1.